The van der Waals surface area contributed by atoms with Crippen molar-refractivity contribution in [1.29, 1.82) is 21.0 Å². The van der Waals surface area contributed by atoms with Crippen LogP contribution in [-0.2, 0) is 52.8 Å². The van der Waals surface area contributed by atoms with E-state index in [2.05, 4.69) is 47.2 Å². The van der Waals surface area contributed by atoms with E-state index >= 15 is 0 Å². The summed E-state index contributed by atoms with van der Waals surface area (Å²) in [6, 6.07) is 29.3. The lowest BCUT2D eigenvalue weighted by atomic mass is 10.1. The summed E-state index contributed by atoms with van der Waals surface area (Å²) in [5.74, 6) is 0.174. The molecule has 4 aromatic rings. The highest BCUT2D eigenvalue weighted by Crippen LogP contribution is 2.37. The Labute approximate surface area is 730 Å². The van der Waals surface area contributed by atoms with Crippen LogP contribution in [0.2, 0.25) is 15.1 Å². The number of hydrogen-bond donors (Lipinski definition) is 6. The van der Waals surface area contributed by atoms with Gasteiger partial charge in [0.25, 0.3) is 11.4 Å². The van der Waals surface area contributed by atoms with Gasteiger partial charge in [0.15, 0.2) is 5.69 Å². The quantitative estimate of drug-likeness (QED) is 0.0184. The van der Waals surface area contributed by atoms with Crippen LogP contribution in [0.3, 0.4) is 0 Å². The molecule has 650 valence electrons. The molecule has 7 N–H and O–H groups in total. The van der Waals surface area contributed by atoms with Gasteiger partial charge >= 0.3 is 42.0 Å². The number of ether oxygens (including phenoxy) is 6. The van der Waals surface area contributed by atoms with Crippen molar-refractivity contribution in [3.05, 3.63) is 184 Å². The summed E-state index contributed by atoms with van der Waals surface area (Å²) in [5.41, 5.74) is 6.66. The Morgan fingerprint density at radius 2 is 0.942 bits per heavy atom. The lowest BCUT2D eigenvalue weighted by Gasteiger charge is -2.41. The molecular formula is C86H112Cl3N19O12S. The van der Waals surface area contributed by atoms with E-state index in [1.807, 2.05) is 134 Å². The number of halogens is 3. The highest BCUT2D eigenvalue weighted by atomic mass is 35.5. The number of nitrogens with one attached hydrogen (secondary N) is 5. The molecule has 0 spiro atoms. The molecule has 3 aromatic carbocycles. The summed E-state index contributed by atoms with van der Waals surface area (Å²) in [7, 11) is 0. The third-order valence-corrected chi connectivity index (χ3v) is 20.0. The largest absolute Gasteiger partial charge is 0.465 e. The van der Waals surface area contributed by atoms with Crippen molar-refractivity contribution in [3.63, 3.8) is 0 Å². The van der Waals surface area contributed by atoms with E-state index in [1.54, 1.807) is 89.1 Å². The lowest BCUT2D eigenvalue weighted by molar-refractivity contribution is -0.144. The van der Waals surface area contributed by atoms with E-state index in [-0.39, 0.29) is 91.1 Å². The standard InChI is InChI=1S/2C25H32ClN5O4.C21H26ClN5O2.C15H22N4O2S/c1-5-34-23(32)21-20(28)18(13-27)22(31(21)14-16-9-6-7-11-19(16)26)30-12-8-10-17(15-30)29-24(33)35-25(2,3)4;1-6-34-22(32)17-31(15-18-10-7-8-12-20(18)26)23(21(14-27)28-5)30-13-9-11-19(16-30)29-24(33)35-25(2,3)4;1-21(2,3)29-20(28)26-16-9-7-11-27(14-16)19(18(12-23)24-4)25-13-15-8-5-6-10-17(15)22;1-15(2,3)21-14(20)18-11-7-6-8-19(10-11)13(22-5)12(9-16)17-4/h6-7,9,11,17H,5,8,10,12,14-15,28H2,1-4H3,(H,29,33);7-8,10,12,19H,6,9,11,13,15-17H2,1-4H3,(H,29,33);5-6,8,10,16,25H,7,9,11,13-14H2,1-3H3,(H,26,28);11H,6-8,10H2,1-3,5H3,(H,18,20)/b;23-21+;19-18-;13-12+/t17-;19-;16-;11-/m1111/s1. The van der Waals surface area contributed by atoms with Crippen LogP contribution < -0.4 is 37.2 Å². The van der Waals surface area contributed by atoms with E-state index in [0.29, 0.717) is 103 Å². The second kappa shape index (κ2) is 48.0. The summed E-state index contributed by atoms with van der Waals surface area (Å²) >= 11 is 20.4. The van der Waals surface area contributed by atoms with Crippen LogP contribution in [0.25, 0.3) is 14.5 Å². The molecule has 8 rings (SSSR count). The zero-order valence-electron chi connectivity index (χ0n) is 71.6. The summed E-state index contributed by atoms with van der Waals surface area (Å²) < 4.78 is 33.5. The van der Waals surface area contributed by atoms with Crippen LogP contribution in [0.5, 0.6) is 0 Å². The molecule has 0 saturated carbocycles. The monoisotopic (exact) mass is 1740 g/mol. The molecule has 121 heavy (non-hydrogen) atoms. The first-order valence-corrected chi connectivity index (χ1v) is 42.0. The molecular weight excluding hydrogens is 1630 g/mol. The van der Waals surface area contributed by atoms with Gasteiger partial charge in [0.1, 0.15) is 58.0 Å². The molecule has 4 aliphatic heterocycles. The number of anilines is 2. The van der Waals surface area contributed by atoms with Gasteiger partial charge in [0.2, 0.25) is 0 Å². The molecule has 4 saturated heterocycles. The van der Waals surface area contributed by atoms with Gasteiger partial charge in [-0.15, -0.1) is 11.8 Å². The average Bonchev–Trinajstić information content (AvgIpc) is 1.61. The van der Waals surface area contributed by atoms with Gasteiger partial charge in [-0.05, 0) is 189 Å². The van der Waals surface area contributed by atoms with Crippen LogP contribution in [0.4, 0.5) is 30.7 Å². The van der Waals surface area contributed by atoms with Gasteiger partial charge in [0, 0.05) is 105 Å². The number of piperidine rings is 4. The number of rotatable bonds is 22. The fourth-order valence-corrected chi connectivity index (χ4v) is 14.6. The van der Waals surface area contributed by atoms with Gasteiger partial charge in [-0.2, -0.15) is 5.26 Å². The second-order valence-corrected chi connectivity index (χ2v) is 34.3. The first-order chi connectivity index (χ1) is 57.2. The minimum absolute atomic E-state index is 0.0185. The molecule has 4 amide bonds. The molecule has 35 heteroatoms. The number of nitrogens with zero attached hydrogens (tertiary/aromatic N) is 13. The van der Waals surface area contributed by atoms with Gasteiger partial charge in [-0.3, -0.25) is 4.79 Å². The van der Waals surface area contributed by atoms with Crippen LogP contribution >= 0.6 is 46.6 Å². The molecule has 31 nitrogen and oxygen atoms in total. The zero-order valence-corrected chi connectivity index (χ0v) is 74.7. The minimum Gasteiger partial charge on any atom is -0.465 e. The topological polar surface area (TPSA) is 373 Å². The number of nitriles is 4. The van der Waals surface area contributed by atoms with E-state index in [1.165, 1.54) is 11.8 Å². The second-order valence-electron chi connectivity index (χ2n) is 32.3. The first-order valence-electron chi connectivity index (χ1n) is 39.7. The summed E-state index contributed by atoms with van der Waals surface area (Å²) in [4.78, 5) is 93.5. The number of carbonyl (C=O) groups is 6. The Morgan fingerprint density at radius 1 is 0.545 bits per heavy atom. The fourth-order valence-electron chi connectivity index (χ4n) is 13.3. The van der Waals surface area contributed by atoms with Crippen LogP contribution in [0, 0.1) is 65.0 Å². The molecule has 0 radical (unpaired) electrons. The lowest BCUT2D eigenvalue weighted by Crippen LogP contribution is -2.51. The predicted octanol–water partition coefficient (Wildman–Crippen LogP) is 15.6. The summed E-state index contributed by atoms with van der Waals surface area (Å²) in [6.45, 7) is 52.6. The van der Waals surface area contributed by atoms with E-state index in [9.17, 15) is 44.6 Å². The Hall–Kier alpha value is -11.6. The van der Waals surface area contributed by atoms with Crippen molar-refractivity contribution in [2.45, 2.75) is 215 Å². The number of alkyl carbamates (subject to hydrolysis) is 4. The molecule has 4 atom stereocenters. The smallest absolute Gasteiger partial charge is 0.407 e. The van der Waals surface area contributed by atoms with E-state index < -0.39 is 58.7 Å². The third-order valence-electron chi connectivity index (χ3n) is 18.0. The first kappa shape index (κ1) is 100.0. The maximum absolute atomic E-state index is 12.9. The Balaban J connectivity index is 0.000000291. The predicted molar refractivity (Wildman–Crippen MR) is 465 cm³/mol. The average molecular weight is 1740 g/mol. The molecule has 0 bridgehead atoms. The molecule has 0 unspecified atom stereocenters. The van der Waals surface area contributed by atoms with Crippen molar-refractivity contribution in [3.8, 4) is 24.3 Å². The number of hydrogen-bond acceptors (Lipinski definition) is 24. The SMILES string of the molecule is CCOC(=O)c1c(N)c(C#N)c(N2CCC[C@@H](NC(=O)OC(C)(C)C)C2)n1Cc1ccccc1Cl.[C-]#[N+]/C(C#N)=C(/N(CC(=O)OCC)Cc1ccccc1Cl)N1CCC[C@@H](NC(=O)OC(C)(C)C)C1.[C-]#[N+]/C(C#N)=C(/NCc1ccccc1Cl)N1CCC[C@@H](NC(=O)OC(C)(C)C)C1.[C-]#[N+]/C(C#N)=C(/SC)N1CCC[C@@H](NC(=O)OC(C)(C)C)C1. The Bertz CT molecular complexity index is 4620. The van der Waals surface area contributed by atoms with Gasteiger partial charge in [-0.25, -0.2) is 54.3 Å². The summed E-state index contributed by atoms with van der Waals surface area (Å²) in [6.07, 6.45) is 6.22. The number of carbonyl (C=O) groups excluding carboxylic acids is 6. The van der Waals surface area contributed by atoms with Crippen LogP contribution in [0.15, 0.2) is 107 Å². The van der Waals surface area contributed by atoms with E-state index in [4.69, 9.17) is 93.9 Å². The number of nitrogens with two attached hydrogens (primary N) is 1. The number of likely N-dealkylation sites (tertiary alicyclic amines) is 3. The van der Waals surface area contributed by atoms with Gasteiger partial charge in [0.05, 0.1) is 68.4 Å². The molecule has 1 aromatic heterocycles. The number of esters is 2. The minimum atomic E-state index is -0.632. The van der Waals surface area contributed by atoms with Gasteiger partial charge in [-0.1, -0.05) is 89.4 Å². The number of allylic oxidation sites excluding steroid dienone is 3. The van der Waals surface area contributed by atoms with Crippen molar-refractivity contribution >= 4 is 94.4 Å². The fraction of sp³-hybridized carbons (Fsp3) is 0.523. The number of benzene rings is 3. The summed E-state index contributed by atoms with van der Waals surface area (Å²) in [5, 5.41) is 55.3. The number of amides is 4. The highest BCUT2D eigenvalue weighted by Gasteiger charge is 2.36. The normalized spacial score (nSPS) is 17.0. The van der Waals surface area contributed by atoms with Crippen LogP contribution in [-0.4, -0.2) is 185 Å². The maximum atomic E-state index is 12.9. The van der Waals surface area contributed by atoms with Crippen molar-refractivity contribution in [1.82, 2.24) is 50.8 Å². The number of aromatic nitrogens is 1. The Kier molecular flexibility index (Phi) is 39.7. The maximum Gasteiger partial charge on any atom is 0.407 e. The van der Waals surface area contributed by atoms with E-state index in [0.717, 1.165) is 61.8 Å². The van der Waals surface area contributed by atoms with Crippen LogP contribution in [0.1, 0.15) is 181 Å². The number of nitrogen functional groups attached to an aromatic ring is 1. The number of thioether (sulfide) groups is 1. The van der Waals surface area contributed by atoms with Crippen molar-refractivity contribution in [2.75, 3.05) is 89.0 Å². The third kappa shape index (κ3) is 33.2. The molecule has 4 aliphatic rings. The zero-order chi connectivity index (χ0) is 90.0. The molecule has 5 heterocycles. The molecule has 4 fully saturated rings. The van der Waals surface area contributed by atoms with Gasteiger partial charge < -0.3 is 89.8 Å². The highest BCUT2D eigenvalue weighted by molar-refractivity contribution is 8.02. The molecule has 0 aliphatic carbocycles. The van der Waals surface area contributed by atoms with Crippen molar-refractivity contribution < 1.29 is 57.2 Å². The Morgan fingerprint density at radius 3 is 1.36 bits per heavy atom. The van der Waals surface area contributed by atoms with Crippen molar-refractivity contribution in [2.24, 2.45) is 0 Å².